The zero-order chi connectivity index (χ0) is 13.9. The van der Waals surface area contributed by atoms with Crippen LogP contribution in [-0.4, -0.2) is 23.1 Å². The van der Waals surface area contributed by atoms with Crippen molar-refractivity contribution in [2.24, 2.45) is 11.7 Å². The van der Waals surface area contributed by atoms with Crippen LogP contribution in [0.5, 0.6) is 0 Å². The molecule has 2 rings (SSSR count). The molecule has 4 nitrogen and oxygen atoms in total. The zero-order valence-electron chi connectivity index (χ0n) is 12.2. The summed E-state index contributed by atoms with van der Waals surface area (Å²) < 4.78 is 5.78. The Kier molecular flexibility index (Phi) is 4.53. The number of aromatic nitrogens is 2. The van der Waals surface area contributed by atoms with Gasteiger partial charge in [-0.3, -0.25) is 0 Å². The van der Waals surface area contributed by atoms with Gasteiger partial charge in [-0.1, -0.05) is 6.92 Å². The lowest BCUT2D eigenvalue weighted by atomic mass is 9.79. The highest BCUT2D eigenvalue weighted by Crippen LogP contribution is 2.40. The van der Waals surface area contributed by atoms with Crippen LogP contribution < -0.4 is 5.73 Å². The molecule has 1 aliphatic rings. The molecule has 1 saturated carbocycles. The van der Waals surface area contributed by atoms with Crippen LogP contribution in [0.4, 0.5) is 0 Å². The van der Waals surface area contributed by atoms with Crippen molar-refractivity contribution >= 4 is 0 Å². The van der Waals surface area contributed by atoms with E-state index < -0.39 is 0 Å². The Morgan fingerprint density at radius 1 is 1.37 bits per heavy atom. The summed E-state index contributed by atoms with van der Waals surface area (Å²) in [4.78, 5) is 9.06. The van der Waals surface area contributed by atoms with Crippen molar-refractivity contribution < 1.29 is 4.74 Å². The van der Waals surface area contributed by atoms with Crippen molar-refractivity contribution in [1.29, 1.82) is 0 Å². The summed E-state index contributed by atoms with van der Waals surface area (Å²) in [6.07, 6.45) is 8.98. The Hall–Kier alpha value is -1.00. The van der Waals surface area contributed by atoms with E-state index >= 15 is 0 Å². The number of hydrogen-bond acceptors (Lipinski definition) is 4. The first-order valence-corrected chi connectivity index (χ1v) is 7.18. The van der Waals surface area contributed by atoms with E-state index in [2.05, 4.69) is 16.9 Å². The maximum absolute atomic E-state index is 5.79. The van der Waals surface area contributed by atoms with Gasteiger partial charge in [-0.05, 0) is 50.5 Å². The van der Waals surface area contributed by atoms with Crippen LogP contribution in [0.15, 0.2) is 12.4 Å². The summed E-state index contributed by atoms with van der Waals surface area (Å²) >= 11 is 0. The minimum absolute atomic E-state index is 0.140. The molecule has 1 fully saturated rings. The van der Waals surface area contributed by atoms with Gasteiger partial charge >= 0.3 is 0 Å². The molecule has 1 unspecified atom stereocenters. The topological polar surface area (TPSA) is 61.0 Å². The number of rotatable bonds is 4. The van der Waals surface area contributed by atoms with Crippen molar-refractivity contribution in [3.63, 3.8) is 0 Å². The van der Waals surface area contributed by atoms with Crippen molar-refractivity contribution in [3.05, 3.63) is 23.8 Å². The van der Waals surface area contributed by atoms with Crippen LogP contribution in [0.25, 0.3) is 0 Å². The molecule has 0 aromatic carbocycles. The Balaban J connectivity index is 2.15. The predicted octanol–water partition coefficient (Wildman–Crippen LogP) is 2.42. The van der Waals surface area contributed by atoms with Gasteiger partial charge < -0.3 is 10.5 Å². The highest BCUT2D eigenvalue weighted by Gasteiger charge is 2.38. The van der Waals surface area contributed by atoms with Crippen molar-refractivity contribution in [3.8, 4) is 0 Å². The SMILES string of the molecule is COC1(c2ncc(CC(C)N)cn2)CCC(C)CC1. The molecule has 1 atom stereocenters. The number of methoxy groups -OCH3 is 1. The first kappa shape index (κ1) is 14.4. The summed E-state index contributed by atoms with van der Waals surface area (Å²) in [5, 5.41) is 0. The minimum atomic E-state index is -0.278. The van der Waals surface area contributed by atoms with Gasteiger partial charge in [0.05, 0.1) is 0 Å². The molecule has 19 heavy (non-hydrogen) atoms. The van der Waals surface area contributed by atoms with Gasteiger partial charge in [-0.15, -0.1) is 0 Å². The molecule has 0 saturated heterocycles. The van der Waals surface area contributed by atoms with Gasteiger partial charge in [0, 0.05) is 25.5 Å². The van der Waals surface area contributed by atoms with E-state index in [0.29, 0.717) is 0 Å². The van der Waals surface area contributed by atoms with Crippen LogP contribution in [0.1, 0.15) is 50.9 Å². The average Bonchev–Trinajstić information content (AvgIpc) is 2.40. The maximum Gasteiger partial charge on any atom is 0.160 e. The number of nitrogens with two attached hydrogens (primary N) is 1. The quantitative estimate of drug-likeness (QED) is 0.906. The van der Waals surface area contributed by atoms with E-state index in [9.17, 15) is 0 Å². The summed E-state index contributed by atoms with van der Waals surface area (Å²) in [6.45, 7) is 4.29. The Morgan fingerprint density at radius 3 is 2.42 bits per heavy atom. The van der Waals surface area contributed by atoms with Gasteiger partial charge in [0.1, 0.15) is 5.60 Å². The first-order chi connectivity index (χ1) is 9.05. The smallest absolute Gasteiger partial charge is 0.160 e. The standard InChI is InChI=1S/C15H25N3O/c1-11-4-6-15(19-3,7-5-11)14-17-9-13(10-18-14)8-12(2)16/h9-12H,4-8,16H2,1-3H3. The largest absolute Gasteiger partial charge is 0.370 e. The summed E-state index contributed by atoms with van der Waals surface area (Å²) in [6, 6.07) is 0.140. The van der Waals surface area contributed by atoms with Gasteiger partial charge in [-0.25, -0.2) is 9.97 Å². The molecular formula is C15H25N3O. The van der Waals surface area contributed by atoms with Crippen LogP contribution in [0, 0.1) is 5.92 Å². The molecule has 106 valence electrons. The van der Waals surface area contributed by atoms with Gasteiger partial charge in [0.25, 0.3) is 0 Å². The lowest BCUT2D eigenvalue weighted by Crippen LogP contribution is -2.35. The third-order valence-corrected chi connectivity index (χ3v) is 4.14. The summed E-state index contributed by atoms with van der Waals surface area (Å²) in [5.41, 5.74) is 6.61. The van der Waals surface area contributed by atoms with E-state index in [-0.39, 0.29) is 11.6 Å². The van der Waals surface area contributed by atoms with E-state index in [4.69, 9.17) is 10.5 Å². The predicted molar refractivity (Wildman–Crippen MR) is 75.7 cm³/mol. The Morgan fingerprint density at radius 2 is 1.95 bits per heavy atom. The minimum Gasteiger partial charge on any atom is -0.370 e. The molecule has 2 N–H and O–H groups in total. The molecule has 1 heterocycles. The van der Waals surface area contributed by atoms with E-state index in [1.54, 1.807) is 7.11 Å². The van der Waals surface area contributed by atoms with Gasteiger partial charge in [-0.2, -0.15) is 0 Å². The van der Waals surface area contributed by atoms with Crippen molar-refractivity contribution in [2.75, 3.05) is 7.11 Å². The van der Waals surface area contributed by atoms with E-state index in [0.717, 1.165) is 36.6 Å². The second kappa shape index (κ2) is 5.97. The Bertz CT molecular complexity index is 394. The molecule has 1 aromatic heterocycles. The fraction of sp³-hybridized carbons (Fsp3) is 0.733. The molecule has 0 aliphatic heterocycles. The summed E-state index contributed by atoms with van der Waals surface area (Å²) in [7, 11) is 1.77. The second-order valence-electron chi connectivity index (χ2n) is 5.98. The molecule has 1 aliphatic carbocycles. The molecule has 0 bridgehead atoms. The van der Waals surface area contributed by atoms with Crippen molar-refractivity contribution in [1.82, 2.24) is 9.97 Å². The molecule has 4 heteroatoms. The highest BCUT2D eigenvalue weighted by atomic mass is 16.5. The first-order valence-electron chi connectivity index (χ1n) is 7.18. The zero-order valence-corrected chi connectivity index (χ0v) is 12.2. The molecule has 0 spiro atoms. The second-order valence-corrected chi connectivity index (χ2v) is 5.98. The van der Waals surface area contributed by atoms with Crippen LogP contribution >= 0.6 is 0 Å². The van der Waals surface area contributed by atoms with Gasteiger partial charge in [0.15, 0.2) is 5.82 Å². The fourth-order valence-corrected chi connectivity index (χ4v) is 2.81. The molecule has 1 aromatic rings. The van der Waals surface area contributed by atoms with E-state index in [1.807, 2.05) is 19.3 Å². The van der Waals surface area contributed by atoms with Crippen LogP contribution in [-0.2, 0) is 16.8 Å². The summed E-state index contributed by atoms with van der Waals surface area (Å²) in [5.74, 6) is 1.61. The fourth-order valence-electron chi connectivity index (χ4n) is 2.81. The Labute approximate surface area is 115 Å². The maximum atomic E-state index is 5.79. The normalized spacial score (nSPS) is 29.2. The monoisotopic (exact) mass is 263 g/mol. The van der Waals surface area contributed by atoms with Crippen molar-refractivity contribution in [2.45, 2.75) is 57.6 Å². The lowest BCUT2D eigenvalue weighted by Gasteiger charge is -2.36. The number of ether oxygens (including phenoxy) is 1. The average molecular weight is 263 g/mol. The highest BCUT2D eigenvalue weighted by molar-refractivity contribution is 5.11. The third kappa shape index (κ3) is 3.31. The number of hydrogen-bond donors (Lipinski definition) is 1. The van der Waals surface area contributed by atoms with E-state index in [1.165, 1.54) is 12.8 Å². The third-order valence-electron chi connectivity index (χ3n) is 4.14. The molecule has 0 radical (unpaired) electrons. The van der Waals surface area contributed by atoms with Crippen LogP contribution in [0.3, 0.4) is 0 Å². The lowest BCUT2D eigenvalue weighted by molar-refractivity contribution is -0.0597. The molecule has 0 amide bonds. The van der Waals surface area contributed by atoms with Gasteiger partial charge in [0.2, 0.25) is 0 Å². The van der Waals surface area contributed by atoms with Crippen LogP contribution in [0.2, 0.25) is 0 Å². The molecular weight excluding hydrogens is 238 g/mol. The number of nitrogens with zero attached hydrogens (tertiary/aromatic N) is 2.